The van der Waals surface area contributed by atoms with Crippen LogP contribution in [-0.4, -0.2) is 12.6 Å². The number of carbonyl (C=O) groups is 1. The molecule has 1 aromatic rings. The highest BCUT2D eigenvalue weighted by molar-refractivity contribution is 6.32. The topological polar surface area (TPSA) is 52.3 Å². The lowest BCUT2D eigenvalue weighted by atomic mass is 10.1. The highest BCUT2D eigenvalue weighted by atomic mass is 35.5. The molecule has 0 saturated heterocycles. The van der Waals surface area contributed by atoms with Crippen molar-refractivity contribution in [3.05, 3.63) is 39.8 Å². The molecule has 0 saturated carbocycles. The molecule has 3 nitrogen and oxygen atoms in total. The Balaban J connectivity index is 3.06. The monoisotopic (exact) mass is 257 g/mol. The molecule has 0 atom stereocenters. The van der Waals surface area contributed by atoms with Gasteiger partial charge in [-0.15, -0.1) is 0 Å². The van der Waals surface area contributed by atoms with Gasteiger partial charge in [-0.05, 0) is 31.1 Å². The molecule has 92 valence electrons. The number of hydrogen-bond donors (Lipinski definition) is 1. The third-order valence-corrected chi connectivity index (χ3v) is 2.51. The molecule has 0 fully saturated rings. The molecule has 5 heteroatoms. The fourth-order valence-electron chi connectivity index (χ4n) is 1.21. The molecule has 0 heterocycles. The third kappa shape index (κ3) is 3.20. The van der Waals surface area contributed by atoms with Crippen molar-refractivity contribution in [3.63, 3.8) is 0 Å². The highest BCUT2D eigenvalue weighted by Crippen LogP contribution is 2.24. The summed E-state index contributed by atoms with van der Waals surface area (Å²) in [5.74, 6) is -1.17. The maximum Gasteiger partial charge on any atom is 0.354 e. The normalized spacial score (nSPS) is 11.4. The van der Waals surface area contributed by atoms with Crippen LogP contribution in [0.15, 0.2) is 17.8 Å². The average molecular weight is 258 g/mol. The molecule has 2 N–H and O–H groups in total. The van der Waals surface area contributed by atoms with Crippen LogP contribution in [0.25, 0.3) is 6.08 Å². The van der Waals surface area contributed by atoms with Crippen molar-refractivity contribution >= 4 is 23.6 Å². The molecule has 0 bridgehead atoms. The lowest BCUT2D eigenvalue weighted by Crippen LogP contribution is -2.14. The number of nitrogens with two attached hydrogens (primary N) is 1. The van der Waals surface area contributed by atoms with Crippen LogP contribution >= 0.6 is 11.6 Å². The van der Waals surface area contributed by atoms with Crippen LogP contribution in [0.4, 0.5) is 4.39 Å². The number of aryl methyl sites for hydroxylation is 1. The smallest absolute Gasteiger partial charge is 0.354 e. The van der Waals surface area contributed by atoms with Crippen LogP contribution in [0.1, 0.15) is 18.1 Å². The summed E-state index contributed by atoms with van der Waals surface area (Å²) in [6.07, 6.45) is 1.29. The largest absolute Gasteiger partial charge is 0.461 e. The standard InChI is InChI=1S/C12H13ClFNO2/c1-3-17-12(16)9(15)6-8-5-4-7(2)11(14)10(8)13/h4-6H,3,15H2,1-2H3/b9-6-. The quantitative estimate of drug-likeness (QED) is 0.669. The Bertz CT molecular complexity index is 472. The van der Waals surface area contributed by atoms with Crippen molar-refractivity contribution in [3.8, 4) is 0 Å². The molecule has 0 radical (unpaired) electrons. The van der Waals surface area contributed by atoms with Gasteiger partial charge in [0.1, 0.15) is 11.5 Å². The van der Waals surface area contributed by atoms with Crippen LogP contribution < -0.4 is 5.73 Å². The van der Waals surface area contributed by atoms with E-state index < -0.39 is 11.8 Å². The van der Waals surface area contributed by atoms with Crippen molar-refractivity contribution in [1.29, 1.82) is 0 Å². The SMILES string of the molecule is CCOC(=O)/C(N)=C/c1ccc(C)c(F)c1Cl. The van der Waals surface area contributed by atoms with E-state index in [0.29, 0.717) is 11.1 Å². The highest BCUT2D eigenvalue weighted by Gasteiger charge is 2.10. The van der Waals surface area contributed by atoms with Gasteiger partial charge in [0, 0.05) is 0 Å². The first-order valence-corrected chi connectivity index (χ1v) is 5.44. The van der Waals surface area contributed by atoms with Crippen molar-refractivity contribution < 1.29 is 13.9 Å². The zero-order valence-electron chi connectivity index (χ0n) is 9.59. The number of rotatable bonds is 3. The zero-order chi connectivity index (χ0) is 13.0. The molecule has 0 aliphatic heterocycles. The Hall–Kier alpha value is -1.55. The second-order valence-corrected chi connectivity index (χ2v) is 3.80. The number of esters is 1. The van der Waals surface area contributed by atoms with Gasteiger partial charge in [0.05, 0.1) is 11.6 Å². The summed E-state index contributed by atoms with van der Waals surface area (Å²) >= 11 is 5.80. The fraction of sp³-hybridized carbons (Fsp3) is 0.250. The Kier molecular flexibility index (Phi) is 4.52. The molecule has 0 aliphatic rings. The minimum atomic E-state index is -0.649. The van der Waals surface area contributed by atoms with Crippen molar-refractivity contribution in [2.45, 2.75) is 13.8 Å². The van der Waals surface area contributed by atoms with Gasteiger partial charge in [-0.1, -0.05) is 23.7 Å². The summed E-state index contributed by atoms with van der Waals surface area (Å²) < 4.78 is 18.2. The Morgan fingerprint density at radius 2 is 2.24 bits per heavy atom. The number of ether oxygens (including phenoxy) is 1. The van der Waals surface area contributed by atoms with Gasteiger partial charge in [-0.3, -0.25) is 0 Å². The first kappa shape index (κ1) is 13.5. The Morgan fingerprint density at radius 1 is 1.59 bits per heavy atom. The van der Waals surface area contributed by atoms with E-state index in [4.69, 9.17) is 22.1 Å². The maximum atomic E-state index is 13.5. The van der Waals surface area contributed by atoms with E-state index in [-0.39, 0.29) is 17.3 Å². The van der Waals surface area contributed by atoms with Gasteiger partial charge < -0.3 is 10.5 Å². The Labute approximate surface area is 104 Å². The summed E-state index contributed by atoms with van der Waals surface area (Å²) in [6.45, 7) is 3.50. The van der Waals surface area contributed by atoms with Crippen LogP contribution in [0, 0.1) is 12.7 Å². The van der Waals surface area contributed by atoms with Crippen molar-refractivity contribution in [2.24, 2.45) is 5.73 Å². The molecule has 0 aromatic heterocycles. The molecule has 0 unspecified atom stereocenters. The molecule has 1 aromatic carbocycles. The van der Waals surface area contributed by atoms with Gasteiger partial charge in [-0.2, -0.15) is 0 Å². The van der Waals surface area contributed by atoms with Gasteiger partial charge >= 0.3 is 5.97 Å². The fourth-order valence-corrected chi connectivity index (χ4v) is 1.48. The first-order chi connectivity index (χ1) is 7.97. The van der Waals surface area contributed by atoms with E-state index in [1.807, 2.05) is 0 Å². The number of halogens is 2. The van der Waals surface area contributed by atoms with E-state index >= 15 is 0 Å². The van der Waals surface area contributed by atoms with Crippen molar-refractivity contribution in [2.75, 3.05) is 6.61 Å². The minimum Gasteiger partial charge on any atom is -0.461 e. The Morgan fingerprint density at radius 3 is 2.82 bits per heavy atom. The minimum absolute atomic E-state index is 0.0581. The van der Waals surface area contributed by atoms with E-state index in [1.54, 1.807) is 26.0 Å². The van der Waals surface area contributed by atoms with E-state index in [9.17, 15) is 9.18 Å². The molecular formula is C12H13ClFNO2. The number of carbonyl (C=O) groups excluding carboxylic acids is 1. The summed E-state index contributed by atoms with van der Waals surface area (Å²) in [7, 11) is 0. The first-order valence-electron chi connectivity index (χ1n) is 5.06. The van der Waals surface area contributed by atoms with Crippen molar-refractivity contribution in [1.82, 2.24) is 0 Å². The lowest BCUT2D eigenvalue weighted by molar-refractivity contribution is -0.138. The lowest BCUT2D eigenvalue weighted by Gasteiger charge is -2.05. The molecule has 17 heavy (non-hydrogen) atoms. The molecule has 1 rings (SSSR count). The van der Waals surface area contributed by atoms with E-state index in [0.717, 1.165) is 0 Å². The summed E-state index contributed by atoms with van der Waals surface area (Å²) in [4.78, 5) is 11.3. The van der Waals surface area contributed by atoms with Crippen LogP contribution in [0.2, 0.25) is 5.02 Å². The average Bonchev–Trinajstić information content (AvgIpc) is 2.30. The van der Waals surface area contributed by atoms with Gasteiger partial charge in [0.2, 0.25) is 0 Å². The summed E-state index contributed by atoms with van der Waals surface area (Å²) in [5.41, 5.74) is 6.16. The zero-order valence-corrected chi connectivity index (χ0v) is 10.3. The van der Waals surface area contributed by atoms with Gasteiger partial charge in [0.25, 0.3) is 0 Å². The molecule has 0 amide bonds. The molecule has 0 spiro atoms. The van der Waals surface area contributed by atoms with Gasteiger partial charge in [-0.25, -0.2) is 9.18 Å². The summed E-state index contributed by atoms with van der Waals surface area (Å²) in [6, 6.07) is 3.15. The number of benzene rings is 1. The summed E-state index contributed by atoms with van der Waals surface area (Å²) in [5, 5.41) is -0.0581. The van der Waals surface area contributed by atoms with E-state index in [2.05, 4.69) is 0 Å². The van der Waals surface area contributed by atoms with Crippen LogP contribution in [0.3, 0.4) is 0 Å². The number of hydrogen-bond acceptors (Lipinski definition) is 3. The second kappa shape index (κ2) is 5.68. The third-order valence-electron chi connectivity index (χ3n) is 2.13. The molecule has 0 aliphatic carbocycles. The van der Waals surface area contributed by atoms with Crippen LogP contribution in [0.5, 0.6) is 0 Å². The van der Waals surface area contributed by atoms with Gasteiger partial charge in [0.15, 0.2) is 0 Å². The maximum absolute atomic E-state index is 13.5. The second-order valence-electron chi connectivity index (χ2n) is 3.42. The predicted molar refractivity (Wildman–Crippen MR) is 64.9 cm³/mol. The molecular weight excluding hydrogens is 245 g/mol. The van der Waals surface area contributed by atoms with Crippen LogP contribution in [-0.2, 0) is 9.53 Å². The predicted octanol–water partition coefficient (Wildman–Crippen LogP) is 2.65. The van der Waals surface area contributed by atoms with E-state index in [1.165, 1.54) is 6.08 Å².